The van der Waals surface area contributed by atoms with E-state index in [1.54, 1.807) is 0 Å². The molecule has 8 heteroatoms. The molecule has 0 aliphatic carbocycles. The van der Waals surface area contributed by atoms with Gasteiger partial charge in [0.15, 0.2) is 0 Å². The summed E-state index contributed by atoms with van der Waals surface area (Å²) in [5.41, 5.74) is -0.655. The maximum absolute atomic E-state index is 13.4. The average Bonchev–Trinajstić information content (AvgIpc) is 2.56. The number of phenols is 1. The van der Waals surface area contributed by atoms with E-state index in [-0.39, 0.29) is 23.5 Å². The number of aromatic hydroxyl groups is 1. The normalized spacial score (nSPS) is 11.6. The third-order valence-corrected chi connectivity index (χ3v) is 3.78. The number of ether oxygens (including phenoxy) is 2. The zero-order valence-electron chi connectivity index (χ0n) is 13.2. The van der Waals surface area contributed by atoms with Crippen molar-refractivity contribution in [2.24, 2.45) is 0 Å². The Balaban J connectivity index is 2.47. The van der Waals surface area contributed by atoms with Gasteiger partial charge in [0.05, 0.1) is 12.2 Å². The van der Waals surface area contributed by atoms with Crippen LogP contribution in [0.4, 0.5) is 17.6 Å². The highest BCUT2D eigenvalue weighted by Crippen LogP contribution is 2.43. The number of hydrogen-bond acceptors (Lipinski definition) is 3. The number of benzene rings is 2. The van der Waals surface area contributed by atoms with Gasteiger partial charge in [-0.2, -0.15) is 13.2 Å². The van der Waals surface area contributed by atoms with Crippen LogP contribution in [0.5, 0.6) is 11.5 Å². The number of hydrogen-bond donors (Lipinski definition) is 1. The molecule has 0 unspecified atom stereocenters. The zero-order chi connectivity index (χ0) is 18.6. The SMILES string of the molecule is COCCCOc1cc(C(F)(F)F)ccc1-c1ccc(F)c(Cl)c1O. The third-order valence-electron chi connectivity index (χ3n) is 3.42. The predicted octanol–water partition coefficient (Wildman–Crippen LogP) is 5.29. The van der Waals surface area contributed by atoms with Crippen molar-refractivity contribution < 1.29 is 32.1 Å². The first-order valence-electron chi connectivity index (χ1n) is 7.26. The molecule has 0 saturated carbocycles. The van der Waals surface area contributed by atoms with E-state index in [0.717, 1.165) is 24.3 Å². The Labute approximate surface area is 146 Å². The molecule has 0 atom stereocenters. The number of rotatable bonds is 6. The van der Waals surface area contributed by atoms with Crippen LogP contribution in [0, 0.1) is 5.82 Å². The van der Waals surface area contributed by atoms with Crippen molar-refractivity contribution in [3.8, 4) is 22.6 Å². The Morgan fingerprint density at radius 2 is 1.76 bits per heavy atom. The van der Waals surface area contributed by atoms with Crippen LogP contribution < -0.4 is 4.74 Å². The summed E-state index contributed by atoms with van der Waals surface area (Å²) in [5.74, 6) is -1.50. The van der Waals surface area contributed by atoms with Gasteiger partial charge in [0, 0.05) is 31.3 Å². The van der Waals surface area contributed by atoms with Crippen molar-refractivity contribution in [2.75, 3.05) is 20.3 Å². The van der Waals surface area contributed by atoms with Crippen LogP contribution in [-0.4, -0.2) is 25.4 Å². The smallest absolute Gasteiger partial charge is 0.416 e. The van der Waals surface area contributed by atoms with Crippen LogP contribution in [0.25, 0.3) is 11.1 Å². The van der Waals surface area contributed by atoms with Crippen molar-refractivity contribution in [1.82, 2.24) is 0 Å². The standard InChI is InChI=1S/C17H15ClF4O3/c1-24-7-2-8-25-14-9-10(17(20,21)22)3-4-11(14)12-5-6-13(19)15(18)16(12)23/h3-6,9,23H,2,7-8H2,1H3. The Morgan fingerprint density at radius 1 is 1.08 bits per heavy atom. The van der Waals surface area contributed by atoms with E-state index in [1.807, 2.05) is 0 Å². The Kier molecular flexibility index (Phi) is 6.13. The Morgan fingerprint density at radius 3 is 2.40 bits per heavy atom. The van der Waals surface area contributed by atoms with Gasteiger partial charge in [0.2, 0.25) is 0 Å². The largest absolute Gasteiger partial charge is 0.506 e. The molecule has 0 aliphatic rings. The van der Waals surface area contributed by atoms with Crippen molar-refractivity contribution in [3.05, 3.63) is 46.7 Å². The first-order valence-corrected chi connectivity index (χ1v) is 7.63. The minimum atomic E-state index is -4.55. The monoisotopic (exact) mass is 378 g/mol. The Hall–Kier alpha value is -1.99. The molecule has 0 spiro atoms. The molecule has 0 radical (unpaired) electrons. The number of alkyl halides is 3. The summed E-state index contributed by atoms with van der Waals surface area (Å²) in [6.07, 6.45) is -4.09. The molecule has 2 aromatic carbocycles. The second kappa shape index (κ2) is 7.93. The Bertz CT molecular complexity index is 747. The average molecular weight is 379 g/mol. The number of phenolic OH excluding ortho intramolecular Hbond substituents is 1. The summed E-state index contributed by atoms with van der Waals surface area (Å²) < 4.78 is 62.5. The second-order valence-electron chi connectivity index (χ2n) is 5.16. The molecule has 3 nitrogen and oxygen atoms in total. The summed E-state index contributed by atoms with van der Waals surface area (Å²) in [6.45, 7) is 0.486. The minimum Gasteiger partial charge on any atom is -0.506 e. The van der Waals surface area contributed by atoms with Crippen molar-refractivity contribution >= 4 is 11.6 Å². The highest BCUT2D eigenvalue weighted by atomic mass is 35.5. The maximum Gasteiger partial charge on any atom is 0.416 e. The first-order chi connectivity index (χ1) is 11.8. The summed E-state index contributed by atoms with van der Waals surface area (Å²) in [4.78, 5) is 0. The topological polar surface area (TPSA) is 38.7 Å². The zero-order valence-corrected chi connectivity index (χ0v) is 13.9. The van der Waals surface area contributed by atoms with Gasteiger partial charge >= 0.3 is 6.18 Å². The summed E-state index contributed by atoms with van der Waals surface area (Å²) >= 11 is 5.67. The lowest BCUT2D eigenvalue weighted by Gasteiger charge is -2.16. The molecule has 136 valence electrons. The second-order valence-corrected chi connectivity index (χ2v) is 5.54. The van der Waals surface area contributed by atoms with Crippen molar-refractivity contribution in [2.45, 2.75) is 12.6 Å². The number of methoxy groups -OCH3 is 1. The highest BCUT2D eigenvalue weighted by Gasteiger charge is 2.31. The molecule has 0 amide bonds. The molecule has 2 rings (SSSR count). The lowest BCUT2D eigenvalue weighted by molar-refractivity contribution is -0.137. The van der Waals surface area contributed by atoms with Gasteiger partial charge in [-0.05, 0) is 30.3 Å². The van der Waals surface area contributed by atoms with Gasteiger partial charge in [-0.25, -0.2) is 4.39 Å². The van der Waals surface area contributed by atoms with E-state index in [0.29, 0.717) is 13.0 Å². The van der Waals surface area contributed by atoms with Gasteiger partial charge in [-0.1, -0.05) is 11.6 Å². The van der Waals surface area contributed by atoms with Gasteiger partial charge in [0.1, 0.15) is 22.3 Å². The van der Waals surface area contributed by atoms with Crippen molar-refractivity contribution in [3.63, 3.8) is 0 Å². The molecule has 0 saturated heterocycles. The van der Waals surface area contributed by atoms with E-state index in [2.05, 4.69) is 0 Å². The van der Waals surface area contributed by atoms with Crippen LogP contribution in [0.3, 0.4) is 0 Å². The molecule has 2 aromatic rings. The van der Waals surface area contributed by atoms with Gasteiger partial charge in [-0.15, -0.1) is 0 Å². The van der Waals surface area contributed by atoms with Crippen LogP contribution in [0.1, 0.15) is 12.0 Å². The molecule has 25 heavy (non-hydrogen) atoms. The fourth-order valence-corrected chi connectivity index (χ4v) is 2.35. The fraction of sp³-hybridized carbons (Fsp3) is 0.294. The van der Waals surface area contributed by atoms with Crippen LogP contribution in [-0.2, 0) is 10.9 Å². The maximum atomic E-state index is 13.4. The van der Waals surface area contributed by atoms with E-state index in [9.17, 15) is 22.7 Å². The van der Waals surface area contributed by atoms with Crippen molar-refractivity contribution in [1.29, 1.82) is 0 Å². The van der Waals surface area contributed by atoms with Crippen LogP contribution in [0.15, 0.2) is 30.3 Å². The summed E-state index contributed by atoms with van der Waals surface area (Å²) in [7, 11) is 1.49. The van der Waals surface area contributed by atoms with E-state index in [1.165, 1.54) is 13.2 Å². The van der Waals surface area contributed by atoms with Crippen LogP contribution >= 0.6 is 11.6 Å². The lowest BCUT2D eigenvalue weighted by Crippen LogP contribution is -2.07. The van der Waals surface area contributed by atoms with E-state index < -0.39 is 28.3 Å². The predicted molar refractivity (Wildman–Crippen MR) is 85.5 cm³/mol. The molecular weight excluding hydrogens is 364 g/mol. The van der Waals surface area contributed by atoms with Gasteiger partial charge in [-0.3, -0.25) is 0 Å². The molecule has 0 fully saturated rings. The molecule has 0 heterocycles. The fourth-order valence-electron chi connectivity index (χ4n) is 2.18. The number of halogens is 5. The molecule has 0 bridgehead atoms. The molecule has 0 aromatic heterocycles. The van der Waals surface area contributed by atoms with Crippen LogP contribution in [0.2, 0.25) is 5.02 Å². The molecule has 1 N–H and O–H groups in total. The summed E-state index contributed by atoms with van der Waals surface area (Å²) in [6, 6.07) is 5.08. The van der Waals surface area contributed by atoms with E-state index in [4.69, 9.17) is 21.1 Å². The molecular formula is C17H15ClF4O3. The summed E-state index contributed by atoms with van der Waals surface area (Å²) in [5, 5.41) is 9.51. The molecule has 0 aliphatic heterocycles. The highest BCUT2D eigenvalue weighted by molar-refractivity contribution is 6.32. The lowest BCUT2D eigenvalue weighted by atomic mass is 10.0. The quantitative estimate of drug-likeness (QED) is 0.548. The van der Waals surface area contributed by atoms with E-state index >= 15 is 0 Å². The van der Waals surface area contributed by atoms with Gasteiger partial charge < -0.3 is 14.6 Å². The minimum absolute atomic E-state index is 0.0712. The third kappa shape index (κ3) is 4.55. The first kappa shape index (κ1) is 19.3. The van der Waals surface area contributed by atoms with Gasteiger partial charge in [0.25, 0.3) is 0 Å².